The number of anilines is 1. The van der Waals surface area contributed by atoms with Gasteiger partial charge in [0.05, 0.1) is 35.2 Å². The summed E-state index contributed by atoms with van der Waals surface area (Å²) in [6.07, 6.45) is 2.77. The van der Waals surface area contributed by atoms with Crippen molar-refractivity contribution in [1.29, 1.82) is 0 Å². The monoisotopic (exact) mass is 308 g/mol. The molecule has 2 aromatic rings. The fraction of sp³-hybridized carbons (Fsp3) is 0.286. The second-order valence-electron chi connectivity index (χ2n) is 4.80. The molecule has 1 fully saturated rings. The average Bonchev–Trinajstić information content (AvgIpc) is 2.88. The fourth-order valence-corrected chi connectivity index (χ4v) is 2.54. The summed E-state index contributed by atoms with van der Waals surface area (Å²) in [6.45, 7) is 2.39. The molecule has 0 radical (unpaired) electrons. The SMILES string of the molecule is CC1CN(c2ccc(-n3ccoc3=O)cc2Cl)C(=O)CO1. The largest absolute Gasteiger partial charge is 0.423 e. The summed E-state index contributed by atoms with van der Waals surface area (Å²) < 4.78 is 11.3. The van der Waals surface area contributed by atoms with Crippen molar-refractivity contribution in [3.63, 3.8) is 0 Å². The standard InChI is InChI=1S/C14H13ClN2O4/c1-9-7-17(13(18)8-21-9)12-3-2-10(6-11(12)15)16-4-5-20-14(16)19/h2-6,9H,7-8H2,1H3. The van der Waals surface area contributed by atoms with Gasteiger partial charge in [-0.3, -0.25) is 4.79 Å². The van der Waals surface area contributed by atoms with Crippen LogP contribution in [-0.2, 0) is 9.53 Å². The number of benzene rings is 1. The van der Waals surface area contributed by atoms with Crippen molar-refractivity contribution < 1.29 is 13.9 Å². The normalized spacial score (nSPS) is 19.0. The number of carbonyl (C=O) groups excluding carboxylic acids is 1. The lowest BCUT2D eigenvalue weighted by atomic mass is 10.2. The Hall–Kier alpha value is -2.05. The molecule has 3 rings (SSSR count). The van der Waals surface area contributed by atoms with Crippen LogP contribution in [0.25, 0.3) is 5.69 Å². The van der Waals surface area contributed by atoms with Crippen LogP contribution >= 0.6 is 11.6 Å². The van der Waals surface area contributed by atoms with E-state index in [2.05, 4.69) is 0 Å². The molecule has 2 heterocycles. The summed E-state index contributed by atoms with van der Waals surface area (Å²) in [6, 6.07) is 5.06. The molecule has 0 bridgehead atoms. The van der Waals surface area contributed by atoms with Gasteiger partial charge in [-0.15, -0.1) is 0 Å². The Morgan fingerprint density at radius 1 is 1.33 bits per heavy atom. The van der Waals surface area contributed by atoms with Gasteiger partial charge in [0.25, 0.3) is 5.91 Å². The molecule has 1 saturated heterocycles. The molecule has 0 spiro atoms. The average molecular weight is 309 g/mol. The summed E-state index contributed by atoms with van der Waals surface area (Å²) in [5.74, 6) is -0.627. The first-order valence-electron chi connectivity index (χ1n) is 6.44. The number of oxazole rings is 1. The van der Waals surface area contributed by atoms with E-state index in [9.17, 15) is 9.59 Å². The lowest BCUT2D eigenvalue weighted by Crippen LogP contribution is -2.45. The molecule has 1 unspecified atom stereocenters. The number of hydrogen-bond acceptors (Lipinski definition) is 4. The van der Waals surface area contributed by atoms with Crippen molar-refractivity contribution in [1.82, 2.24) is 4.57 Å². The summed E-state index contributed by atoms with van der Waals surface area (Å²) in [5.41, 5.74) is 1.19. The molecule has 1 aliphatic heterocycles. The predicted octanol–water partition coefficient (Wildman–Crippen LogP) is 1.84. The second-order valence-corrected chi connectivity index (χ2v) is 5.21. The Labute approximate surface area is 125 Å². The highest BCUT2D eigenvalue weighted by Gasteiger charge is 2.26. The van der Waals surface area contributed by atoms with Gasteiger partial charge in [-0.05, 0) is 25.1 Å². The highest BCUT2D eigenvalue weighted by atomic mass is 35.5. The molecule has 0 saturated carbocycles. The summed E-state index contributed by atoms with van der Waals surface area (Å²) in [7, 11) is 0. The quantitative estimate of drug-likeness (QED) is 0.849. The van der Waals surface area contributed by atoms with Crippen LogP contribution in [0, 0.1) is 0 Å². The number of morpholine rings is 1. The van der Waals surface area contributed by atoms with Crippen molar-refractivity contribution in [3.05, 3.63) is 46.2 Å². The molecule has 6 nitrogen and oxygen atoms in total. The Bertz CT molecular complexity index is 737. The van der Waals surface area contributed by atoms with Gasteiger partial charge in [-0.25, -0.2) is 9.36 Å². The molecule has 1 amide bonds. The van der Waals surface area contributed by atoms with E-state index in [1.54, 1.807) is 23.1 Å². The zero-order chi connectivity index (χ0) is 15.0. The number of ether oxygens (including phenoxy) is 1. The summed E-state index contributed by atoms with van der Waals surface area (Å²) in [4.78, 5) is 25.0. The second kappa shape index (κ2) is 5.38. The topological polar surface area (TPSA) is 64.7 Å². The highest BCUT2D eigenvalue weighted by molar-refractivity contribution is 6.34. The number of hydrogen-bond donors (Lipinski definition) is 0. The van der Waals surface area contributed by atoms with Crippen molar-refractivity contribution in [2.75, 3.05) is 18.1 Å². The first-order valence-corrected chi connectivity index (χ1v) is 6.82. The fourth-order valence-electron chi connectivity index (χ4n) is 2.26. The van der Waals surface area contributed by atoms with Crippen LogP contribution in [-0.4, -0.2) is 29.7 Å². The molecule has 0 N–H and O–H groups in total. The first-order chi connectivity index (χ1) is 10.1. The molecule has 21 heavy (non-hydrogen) atoms. The Morgan fingerprint density at radius 3 is 2.81 bits per heavy atom. The van der Waals surface area contributed by atoms with E-state index in [0.717, 1.165) is 0 Å². The smallest absolute Gasteiger partial charge is 0.416 e. The molecule has 110 valence electrons. The number of nitrogens with zero attached hydrogens (tertiary/aromatic N) is 2. The van der Waals surface area contributed by atoms with Gasteiger partial charge in [-0.1, -0.05) is 11.6 Å². The Morgan fingerprint density at radius 2 is 2.14 bits per heavy atom. The van der Waals surface area contributed by atoms with Crippen LogP contribution in [0.1, 0.15) is 6.92 Å². The van der Waals surface area contributed by atoms with Crippen LogP contribution in [0.2, 0.25) is 5.02 Å². The molecule has 1 aliphatic rings. The van der Waals surface area contributed by atoms with Crippen molar-refractivity contribution in [3.8, 4) is 5.69 Å². The van der Waals surface area contributed by atoms with Gasteiger partial charge in [0.1, 0.15) is 12.9 Å². The van der Waals surface area contributed by atoms with E-state index in [-0.39, 0.29) is 18.6 Å². The maximum atomic E-state index is 11.9. The third kappa shape index (κ3) is 2.59. The number of halogens is 1. The van der Waals surface area contributed by atoms with E-state index in [1.165, 1.54) is 17.0 Å². The van der Waals surface area contributed by atoms with Crippen molar-refractivity contribution >= 4 is 23.2 Å². The number of carbonyl (C=O) groups is 1. The molecular weight excluding hydrogens is 296 g/mol. The summed E-state index contributed by atoms with van der Waals surface area (Å²) >= 11 is 6.26. The maximum absolute atomic E-state index is 11.9. The van der Waals surface area contributed by atoms with Crippen LogP contribution in [0.3, 0.4) is 0 Å². The number of aromatic nitrogens is 1. The van der Waals surface area contributed by atoms with E-state index in [1.807, 2.05) is 6.92 Å². The van der Waals surface area contributed by atoms with Gasteiger partial charge < -0.3 is 14.1 Å². The minimum atomic E-state index is -0.491. The number of rotatable bonds is 2. The molecule has 1 aromatic heterocycles. The minimum absolute atomic E-state index is 0.0421. The van der Waals surface area contributed by atoms with Crippen molar-refractivity contribution in [2.24, 2.45) is 0 Å². The Kier molecular flexibility index (Phi) is 3.57. The zero-order valence-corrected chi connectivity index (χ0v) is 12.0. The molecule has 1 atom stereocenters. The van der Waals surface area contributed by atoms with Gasteiger partial charge in [0.2, 0.25) is 0 Å². The van der Waals surface area contributed by atoms with E-state index in [0.29, 0.717) is 22.9 Å². The number of amides is 1. The third-order valence-corrected chi connectivity index (χ3v) is 3.61. The third-order valence-electron chi connectivity index (χ3n) is 3.31. The molecular formula is C14H13ClN2O4. The first kappa shape index (κ1) is 13.9. The lowest BCUT2D eigenvalue weighted by Gasteiger charge is -2.31. The van der Waals surface area contributed by atoms with Crippen LogP contribution in [0.15, 0.2) is 39.9 Å². The van der Waals surface area contributed by atoms with Gasteiger partial charge >= 0.3 is 5.76 Å². The molecule has 0 aliphatic carbocycles. The van der Waals surface area contributed by atoms with Crippen LogP contribution < -0.4 is 10.7 Å². The van der Waals surface area contributed by atoms with Crippen LogP contribution in [0.4, 0.5) is 5.69 Å². The van der Waals surface area contributed by atoms with Crippen LogP contribution in [0.5, 0.6) is 0 Å². The zero-order valence-electron chi connectivity index (χ0n) is 11.3. The van der Waals surface area contributed by atoms with Gasteiger partial charge in [0.15, 0.2) is 0 Å². The van der Waals surface area contributed by atoms with Gasteiger partial charge in [0, 0.05) is 0 Å². The summed E-state index contributed by atoms with van der Waals surface area (Å²) in [5, 5.41) is 0.392. The van der Waals surface area contributed by atoms with E-state index < -0.39 is 5.76 Å². The van der Waals surface area contributed by atoms with E-state index in [4.69, 9.17) is 20.8 Å². The molecule has 7 heteroatoms. The lowest BCUT2D eigenvalue weighted by molar-refractivity contribution is -0.128. The highest BCUT2D eigenvalue weighted by Crippen LogP contribution is 2.29. The predicted molar refractivity (Wildman–Crippen MR) is 77.1 cm³/mol. The maximum Gasteiger partial charge on any atom is 0.423 e. The van der Waals surface area contributed by atoms with Crippen molar-refractivity contribution in [2.45, 2.75) is 13.0 Å². The molecule has 1 aromatic carbocycles. The minimum Gasteiger partial charge on any atom is -0.416 e. The Balaban J connectivity index is 1.96. The van der Waals surface area contributed by atoms with Gasteiger partial charge in [-0.2, -0.15) is 0 Å². The van der Waals surface area contributed by atoms with E-state index >= 15 is 0 Å².